The fourth-order valence-electron chi connectivity index (χ4n) is 2.33. The van der Waals surface area contributed by atoms with Gasteiger partial charge in [-0.15, -0.1) is 0 Å². The van der Waals surface area contributed by atoms with Crippen LogP contribution in [0.5, 0.6) is 0 Å². The quantitative estimate of drug-likeness (QED) is 0.835. The van der Waals surface area contributed by atoms with E-state index < -0.39 is 0 Å². The summed E-state index contributed by atoms with van der Waals surface area (Å²) in [6, 6.07) is 8.90. The first-order chi connectivity index (χ1) is 10.2. The van der Waals surface area contributed by atoms with Gasteiger partial charge >= 0.3 is 0 Å². The molecule has 0 bridgehead atoms. The highest BCUT2D eigenvalue weighted by Crippen LogP contribution is 2.17. The van der Waals surface area contributed by atoms with Crippen LogP contribution in [0.3, 0.4) is 0 Å². The van der Waals surface area contributed by atoms with Crippen LogP contribution in [0, 0.1) is 5.82 Å². The van der Waals surface area contributed by atoms with Crippen LogP contribution >= 0.6 is 11.6 Å². The maximum absolute atomic E-state index is 13.9. The van der Waals surface area contributed by atoms with Crippen molar-refractivity contribution >= 4 is 11.6 Å². The van der Waals surface area contributed by atoms with E-state index in [-0.39, 0.29) is 11.9 Å². The van der Waals surface area contributed by atoms with Crippen LogP contribution in [0.25, 0.3) is 0 Å². The van der Waals surface area contributed by atoms with Crippen molar-refractivity contribution in [3.05, 3.63) is 64.7 Å². The minimum atomic E-state index is -0.197. The normalized spacial score (nSPS) is 12.3. The topological polar surface area (TPSA) is 24.9 Å². The van der Waals surface area contributed by atoms with Crippen LogP contribution in [0.4, 0.5) is 4.39 Å². The lowest BCUT2D eigenvalue weighted by Gasteiger charge is -2.19. The molecular formula is C17H20ClFN2. The molecule has 0 aliphatic rings. The number of rotatable bonds is 7. The fourth-order valence-corrected chi connectivity index (χ4v) is 2.53. The minimum Gasteiger partial charge on any atom is -0.313 e. The SMILES string of the molecule is CCCNC(Cc1ccncc1)Cc1cc(Cl)ccc1F. The van der Waals surface area contributed by atoms with E-state index in [1.165, 1.54) is 11.6 Å². The molecule has 4 heteroatoms. The van der Waals surface area contributed by atoms with Gasteiger partial charge in [0.05, 0.1) is 0 Å². The molecule has 2 aromatic rings. The zero-order chi connectivity index (χ0) is 15.1. The Morgan fingerprint density at radius 2 is 1.95 bits per heavy atom. The summed E-state index contributed by atoms with van der Waals surface area (Å²) < 4.78 is 13.9. The van der Waals surface area contributed by atoms with E-state index in [2.05, 4.69) is 17.2 Å². The van der Waals surface area contributed by atoms with Crippen molar-refractivity contribution in [3.63, 3.8) is 0 Å². The Labute approximate surface area is 130 Å². The Balaban J connectivity index is 2.10. The molecule has 1 heterocycles. The molecule has 112 valence electrons. The second-order valence-electron chi connectivity index (χ2n) is 5.15. The highest BCUT2D eigenvalue weighted by atomic mass is 35.5. The van der Waals surface area contributed by atoms with E-state index in [1.807, 2.05) is 12.1 Å². The summed E-state index contributed by atoms with van der Waals surface area (Å²) in [5, 5.41) is 4.06. The lowest BCUT2D eigenvalue weighted by atomic mass is 9.99. The van der Waals surface area contributed by atoms with Gasteiger partial charge in [-0.25, -0.2) is 4.39 Å². The summed E-state index contributed by atoms with van der Waals surface area (Å²) in [7, 11) is 0. The summed E-state index contributed by atoms with van der Waals surface area (Å²) in [5.74, 6) is -0.197. The van der Waals surface area contributed by atoms with Crippen LogP contribution in [0.2, 0.25) is 5.02 Å². The Hall–Kier alpha value is -1.45. The molecule has 0 saturated heterocycles. The van der Waals surface area contributed by atoms with Crippen LogP contribution in [0.1, 0.15) is 24.5 Å². The van der Waals surface area contributed by atoms with E-state index >= 15 is 0 Å². The van der Waals surface area contributed by atoms with E-state index in [9.17, 15) is 4.39 Å². The molecule has 2 nitrogen and oxygen atoms in total. The standard InChI is InChI=1S/C17H20ClFN2/c1-2-7-21-16(10-13-5-8-20-9-6-13)12-14-11-15(18)3-4-17(14)19/h3-6,8-9,11,16,21H,2,7,10,12H2,1H3. The largest absolute Gasteiger partial charge is 0.313 e. The van der Waals surface area contributed by atoms with Gasteiger partial charge in [-0.2, -0.15) is 0 Å². The number of hydrogen-bond donors (Lipinski definition) is 1. The summed E-state index contributed by atoms with van der Waals surface area (Å²) in [5.41, 5.74) is 1.85. The Morgan fingerprint density at radius 1 is 1.19 bits per heavy atom. The van der Waals surface area contributed by atoms with Crippen molar-refractivity contribution in [2.24, 2.45) is 0 Å². The number of nitrogens with one attached hydrogen (secondary N) is 1. The number of benzene rings is 1. The van der Waals surface area contributed by atoms with Crippen molar-refractivity contribution in [3.8, 4) is 0 Å². The highest BCUT2D eigenvalue weighted by molar-refractivity contribution is 6.30. The Morgan fingerprint density at radius 3 is 2.67 bits per heavy atom. The molecule has 0 fully saturated rings. The maximum Gasteiger partial charge on any atom is 0.126 e. The first-order valence-electron chi connectivity index (χ1n) is 7.25. The van der Waals surface area contributed by atoms with Gasteiger partial charge in [0.25, 0.3) is 0 Å². The van der Waals surface area contributed by atoms with Crippen LogP contribution < -0.4 is 5.32 Å². The molecule has 1 unspecified atom stereocenters. The van der Waals surface area contributed by atoms with Gasteiger partial charge < -0.3 is 5.32 Å². The molecule has 1 atom stereocenters. The monoisotopic (exact) mass is 306 g/mol. The molecule has 1 aromatic carbocycles. The molecule has 1 N–H and O–H groups in total. The molecule has 0 saturated carbocycles. The number of hydrogen-bond acceptors (Lipinski definition) is 2. The van der Waals surface area contributed by atoms with E-state index in [4.69, 9.17) is 11.6 Å². The van der Waals surface area contributed by atoms with Crippen LogP contribution in [-0.4, -0.2) is 17.6 Å². The first kappa shape index (κ1) is 15.9. The summed E-state index contributed by atoms with van der Waals surface area (Å²) in [6.07, 6.45) is 6.08. The molecule has 0 aliphatic heterocycles. The van der Waals surface area contributed by atoms with Crippen molar-refractivity contribution in [2.45, 2.75) is 32.2 Å². The van der Waals surface area contributed by atoms with Gasteiger partial charge in [0.1, 0.15) is 5.82 Å². The highest BCUT2D eigenvalue weighted by Gasteiger charge is 2.13. The number of aromatic nitrogens is 1. The molecule has 2 rings (SSSR count). The van der Waals surface area contributed by atoms with Gasteiger partial charge in [-0.1, -0.05) is 18.5 Å². The van der Waals surface area contributed by atoms with Gasteiger partial charge in [0.15, 0.2) is 0 Å². The van der Waals surface area contributed by atoms with Crippen molar-refractivity contribution < 1.29 is 4.39 Å². The second-order valence-corrected chi connectivity index (χ2v) is 5.59. The third-order valence-electron chi connectivity index (χ3n) is 3.39. The predicted molar refractivity (Wildman–Crippen MR) is 85.1 cm³/mol. The van der Waals surface area contributed by atoms with Crippen molar-refractivity contribution in [1.82, 2.24) is 10.3 Å². The average Bonchev–Trinajstić information content (AvgIpc) is 2.49. The van der Waals surface area contributed by atoms with Crippen LogP contribution in [0.15, 0.2) is 42.7 Å². The van der Waals surface area contributed by atoms with Gasteiger partial charge in [0.2, 0.25) is 0 Å². The predicted octanol–water partition coefficient (Wildman–Crippen LogP) is 4.03. The zero-order valence-corrected chi connectivity index (χ0v) is 12.9. The molecular weight excluding hydrogens is 287 g/mol. The first-order valence-corrected chi connectivity index (χ1v) is 7.63. The third-order valence-corrected chi connectivity index (χ3v) is 3.62. The van der Waals surface area contributed by atoms with E-state index in [1.54, 1.807) is 24.5 Å². The van der Waals surface area contributed by atoms with E-state index in [0.29, 0.717) is 17.0 Å². The molecule has 21 heavy (non-hydrogen) atoms. The number of nitrogens with zero attached hydrogens (tertiary/aromatic N) is 1. The lowest BCUT2D eigenvalue weighted by Crippen LogP contribution is -2.34. The molecule has 0 spiro atoms. The fraction of sp³-hybridized carbons (Fsp3) is 0.353. The Kier molecular flexibility index (Phi) is 6.15. The summed E-state index contributed by atoms with van der Waals surface area (Å²) in [6.45, 7) is 3.04. The van der Waals surface area contributed by atoms with Gasteiger partial charge in [0, 0.05) is 23.5 Å². The lowest BCUT2D eigenvalue weighted by molar-refractivity contribution is 0.492. The molecule has 1 aromatic heterocycles. The van der Waals surface area contributed by atoms with Gasteiger partial charge in [-0.3, -0.25) is 4.98 Å². The van der Waals surface area contributed by atoms with E-state index in [0.717, 1.165) is 19.4 Å². The molecule has 0 amide bonds. The Bertz CT molecular complexity index is 560. The maximum atomic E-state index is 13.9. The number of pyridine rings is 1. The third kappa shape index (κ3) is 5.10. The zero-order valence-electron chi connectivity index (χ0n) is 12.2. The van der Waals surface area contributed by atoms with Crippen molar-refractivity contribution in [2.75, 3.05) is 6.54 Å². The van der Waals surface area contributed by atoms with Crippen molar-refractivity contribution in [1.29, 1.82) is 0 Å². The van der Waals surface area contributed by atoms with Gasteiger partial charge in [-0.05, 0) is 67.3 Å². The summed E-state index contributed by atoms with van der Waals surface area (Å²) in [4.78, 5) is 4.03. The van der Waals surface area contributed by atoms with Crippen LogP contribution in [-0.2, 0) is 12.8 Å². The second kappa shape index (κ2) is 8.11. The molecule has 0 radical (unpaired) electrons. The number of halogens is 2. The summed E-state index contributed by atoms with van der Waals surface area (Å²) >= 11 is 5.97. The average molecular weight is 307 g/mol. The molecule has 0 aliphatic carbocycles. The smallest absolute Gasteiger partial charge is 0.126 e. The minimum absolute atomic E-state index is 0.181.